The van der Waals surface area contributed by atoms with E-state index >= 15 is 0 Å². The van der Waals surface area contributed by atoms with Gasteiger partial charge in [-0.15, -0.1) is 0 Å². The van der Waals surface area contributed by atoms with E-state index in [9.17, 15) is 0 Å². The molecule has 0 aliphatic carbocycles. The summed E-state index contributed by atoms with van der Waals surface area (Å²) in [5.41, 5.74) is 5.64. The maximum absolute atomic E-state index is 5.72. The Kier molecular flexibility index (Phi) is 5.83. The van der Waals surface area contributed by atoms with Crippen LogP contribution in [0.25, 0.3) is 5.82 Å². The number of aromatic nitrogens is 3. The molecule has 7 heteroatoms. The highest BCUT2D eigenvalue weighted by Crippen LogP contribution is 2.41. The summed E-state index contributed by atoms with van der Waals surface area (Å²) in [7, 11) is 1.72. The summed E-state index contributed by atoms with van der Waals surface area (Å²) in [4.78, 5) is 11.5. The third-order valence-corrected chi connectivity index (χ3v) is 6.07. The van der Waals surface area contributed by atoms with Gasteiger partial charge in [0, 0.05) is 37.4 Å². The van der Waals surface area contributed by atoms with Gasteiger partial charge in [0.15, 0.2) is 5.11 Å². The molecule has 0 unspecified atom stereocenters. The van der Waals surface area contributed by atoms with Gasteiger partial charge in [-0.3, -0.25) is 4.98 Å². The second kappa shape index (κ2) is 8.53. The van der Waals surface area contributed by atoms with Crippen LogP contribution in [0.1, 0.15) is 40.3 Å². The lowest BCUT2D eigenvalue weighted by molar-refractivity contribution is 0.164. The predicted octanol–water partition coefficient (Wildman–Crippen LogP) is 3.81. The minimum Gasteiger partial charge on any atom is -0.383 e. The van der Waals surface area contributed by atoms with Crippen LogP contribution in [0.15, 0.2) is 48.8 Å². The lowest BCUT2D eigenvalue weighted by Crippen LogP contribution is -2.32. The average Bonchev–Trinajstić information content (AvgIpc) is 3.23. The summed E-state index contributed by atoms with van der Waals surface area (Å²) in [6.45, 7) is 7.69. The molecule has 1 N–H and O–H groups in total. The normalized spacial score (nSPS) is 18.7. The molecule has 0 amide bonds. The fourth-order valence-corrected chi connectivity index (χ4v) is 4.63. The molecule has 0 aromatic carbocycles. The summed E-state index contributed by atoms with van der Waals surface area (Å²) in [6.07, 6.45) is 3.67. The van der Waals surface area contributed by atoms with Gasteiger partial charge in [-0.25, -0.2) is 4.98 Å². The van der Waals surface area contributed by atoms with Gasteiger partial charge < -0.3 is 19.5 Å². The van der Waals surface area contributed by atoms with Crippen molar-refractivity contribution in [2.45, 2.75) is 32.9 Å². The van der Waals surface area contributed by atoms with E-state index in [0.29, 0.717) is 13.2 Å². The van der Waals surface area contributed by atoms with Gasteiger partial charge in [-0.2, -0.15) is 0 Å². The summed E-state index contributed by atoms with van der Waals surface area (Å²) >= 11 is 5.72. The molecular weight excluding hydrogens is 394 g/mol. The van der Waals surface area contributed by atoms with E-state index in [0.717, 1.165) is 33.6 Å². The number of methoxy groups -OCH3 is 1. The van der Waals surface area contributed by atoms with Crippen molar-refractivity contribution >= 4 is 17.3 Å². The van der Waals surface area contributed by atoms with E-state index in [1.54, 1.807) is 7.11 Å². The molecule has 1 aliphatic heterocycles. The smallest absolute Gasteiger partial charge is 0.170 e. The molecule has 4 rings (SSSR count). The van der Waals surface area contributed by atoms with Gasteiger partial charge in [0.05, 0.1) is 24.4 Å². The number of hydrogen-bond donors (Lipinski definition) is 1. The Morgan fingerprint density at radius 1 is 1.10 bits per heavy atom. The van der Waals surface area contributed by atoms with Crippen molar-refractivity contribution in [1.82, 2.24) is 24.8 Å². The zero-order valence-corrected chi connectivity index (χ0v) is 18.6. The SMILES string of the molecule is COCCN1C(=S)N[C@@H](c2ccccn2)[C@@H]1c1cc(C)n(-c2ncccc2C)c1C. The molecular formula is C23H27N5OS. The monoisotopic (exact) mass is 421 g/mol. The van der Waals surface area contributed by atoms with Crippen molar-refractivity contribution in [3.8, 4) is 5.82 Å². The summed E-state index contributed by atoms with van der Waals surface area (Å²) in [5.74, 6) is 0.963. The van der Waals surface area contributed by atoms with Crippen molar-refractivity contribution in [3.63, 3.8) is 0 Å². The van der Waals surface area contributed by atoms with Gasteiger partial charge >= 0.3 is 0 Å². The van der Waals surface area contributed by atoms with Crippen LogP contribution < -0.4 is 5.32 Å². The molecule has 1 fully saturated rings. The molecule has 156 valence electrons. The van der Waals surface area contributed by atoms with Gasteiger partial charge in [0.1, 0.15) is 5.82 Å². The van der Waals surface area contributed by atoms with Gasteiger partial charge in [0.25, 0.3) is 0 Å². The highest BCUT2D eigenvalue weighted by Gasteiger charge is 2.41. The Labute approximate surface area is 182 Å². The molecule has 30 heavy (non-hydrogen) atoms. The Bertz CT molecular complexity index is 1050. The van der Waals surface area contributed by atoms with Crippen LogP contribution >= 0.6 is 12.2 Å². The number of nitrogens with zero attached hydrogens (tertiary/aromatic N) is 4. The minimum atomic E-state index is -0.0330. The fraction of sp³-hybridized carbons (Fsp3) is 0.348. The van der Waals surface area contributed by atoms with Crippen molar-refractivity contribution in [2.75, 3.05) is 20.3 Å². The van der Waals surface area contributed by atoms with Gasteiger partial charge in [-0.1, -0.05) is 12.1 Å². The van der Waals surface area contributed by atoms with Crippen molar-refractivity contribution in [3.05, 3.63) is 77.0 Å². The molecule has 0 radical (unpaired) electrons. The van der Waals surface area contributed by atoms with E-state index in [1.165, 1.54) is 5.56 Å². The second-order valence-corrected chi connectivity index (χ2v) is 8.01. The van der Waals surface area contributed by atoms with Crippen molar-refractivity contribution in [2.24, 2.45) is 0 Å². The Morgan fingerprint density at radius 2 is 1.90 bits per heavy atom. The first-order valence-corrected chi connectivity index (χ1v) is 10.5. The number of thiocarbonyl (C=S) groups is 1. The first-order valence-electron chi connectivity index (χ1n) is 10.1. The van der Waals surface area contributed by atoms with Crippen LogP contribution in [-0.4, -0.2) is 44.8 Å². The standard InChI is InChI=1S/C23H27N5OS/c1-15-8-7-11-25-22(15)28-16(2)14-18(17(28)3)21-20(19-9-5-6-10-24-19)26-23(30)27(21)12-13-29-4/h5-11,14,20-21H,12-13H2,1-4H3,(H,26,30)/t20-,21-/m0/s1. The molecule has 3 aromatic heterocycles. The maximum atomic E-state index is 5.72. The number of hydrogen-bond acceptors (Lipinski definition) is 4. The van der Waals surface area contributed by atoms with Crippen molar-refractivity contribution in [1.29, 1.82) is 0 Å². The van der Waals surface area contributed by atoms with Crippen LogP contribution in [0.3, 0.4) is 0 Å². The van der Waals surface area contributed by atoms with E-state index in [1.807, 2.05) is 30.6 Å². The number of ether oxygens (including phenoxy) is 1. The van der Waals surface area contributed by atoms with Crippen LogP contribution in [0.5, 0.6) is 0 Å². The lowest BCUT2D eigenvalue weighted by atomic mass is 9.97. The summed E-state index contributed by atoms with van der Waals surface area (Å²) in [5, 5.41) is 4.23. The molecule has 2 atom stereocenters. The van der Waals surface area contributed by atoms with E-state index in [2.05, 4.69) is 63.7 Å². The molecule has 0 bridgehead atoms. The number of pyridine rings is 2. The topological polar surface area (TPSA) is 55.2 Å². The zero-order valence-electron chi connectivity index (χ0n) is 17.8. The third kappa shape index (κ3) is 3.59. The first kappa shape index (κ1) is 20.5. The van der Waals surface area contributed by atoms with E-state index in [4.69, 9.17) is 17.0 Å². The van der Waals surface area contributed by atoms with Gasteiger partial charge in [0.2, 0.25) is 0 Å². The lowest BCUT2D eigenvalue weighted by Gasteiger charge is -2.28. The van der Waals surface area contributed by atoms with Crippen molar-refractivity contribution < 1.29 is 4.74 Å². The highest BCUT2D eigenvalue weighted by molar-refractivity contribution is 7.80. The number of nitrogens with one attached hydrogen (secondary N) is 1. The maximum Gasteiger partial charge on any atom is 0.170 e. The molecule has 1 aliphatic rings. The Morgan fingerprint density at radius 3 is 2.60 bits per heavy atom. The third-order valence-electron chi connectivity index (χ3n) is 5.72. The van der Waals surface area contributed by atoms with Crippen LogP contribution in [0.4, 0.5) is 0 Å². The number of rotatable bonds is 6. The van der Waals surface area contributed by atoms with Crippen LogP contribution in [0.2, 0.25) is 0 Å². The largest absolute Gasteiger partial charge is 0.383 e. The fourth-order valence-electron chi connectivity index (χ4n) is 4.30. The molecule has 0 spiro atoms. The molecule has 4 heterocycles. The number of aryl methyl sites for hydroxylation is 2. The molecule has 3 aromatic rings. The van der Waals surface area contributed by atoms with Gasteiger partial charge in [-0.05, 0) is 68.4 Å². The van der Waals surface area contributed by atoms with Crippen LogP contribution in [0, 0.1) is 20.8 Å². The second-order valence-electron chi connectivity index (χ2n) is 7.62. The molecule has 6 nitrogen and oxygen atoms in total. The Hall–Kier alpha value is -2.77. The molecule has 1 saturated heterocycles. The average molecular weight is 422 g/mol. The summed E-state index contributed by atoms with van der Waals surface area (Å²) < 4.78 is 7.59. The first-order chi connectivity index (χ1) is 14.5. The van der Waals surface area contributed by atoms with Crippen LogP contribution in [-0.2, 0) is 4.74 Å². The highest BCUT2D eigenvalue weighted by atomic mass is 32.1. The zero-order chi connectivity index (χ0) is 21.3. The summed E-state index contributed by atoms with van der Waals surface area (Å²) in [6, 6.07) is 12.3. The minimum absolute atomic E-state index is 0.0199. The quantitative estimate of drug-likeness (QED) is 0.611. The van der Waals surface area contributed by atoms with E-state index < -0.39 is 0 Å². The van der Waals surface area contributed by atoms with E-state index in [-0.39, 0.29) is 12.1 Å². The Balaban J connectivity index is 1.83. The molecule has 0 saturated carbocycles. The predicted molar refractivity (Wildman–Crippen MR) is 122 cm³/mol.